The van der Waals surface area contributed by atoms with Crippen LogP contribution < -0.4 is 5.32 Å². The quantitative estimate of drug-likeness (QED) is 0.810. The van der Waals surface area contributed by atoms with Gasteiger partial charge in [-0.3, -0.25) is 0 Å². The summed E-state index contributed by atoms with van der Waals surface area (Å²) in [5.41, 5.74) is 0. The fraction of sp³-hybridized carbons (Fsp3) is 0.889. The Hall–Kier alpha value is -0.500. The molecule has 0 amide bonds. The average Bonchev–Trinajstić information content (AvgIpc) is 3.02. The van der Waals surface area contributed by atoms with Crippen LogP contribution >= 0.6 is 0 Å². The molecule has 0 aromatic carbocycles. The van der Waals surface area contributed by atoms with Crippen molar-refractivity contribution < 1.29 is 4.74 Å². The van der Waals surface area contributed by atoms with Crippen LogP contribution in [0.5, 0.6) is 0 Å². The molecule has 4 unspecified atom stereocenters. The van der Waals surface area contributed by atoms with Gasteiger partial charge in [-0.1, -0.05) is 32.6 Å². The molecule has 0 saturated heterocycles. The van der Waals surface area contributed by atoms with Crippen molar-refractivity contribution in [3.05, 3.63) is 11.8 Å². The van der Waals surface area contributed by atoms with E-state index in [9.17, 15) is 0 Å². The molecule has 1 heterocycles. The van der Waals surface area contributed by atoms with E-state index in [1.807, 2.05) is 0 Å². The van der Waals surface area contributed by atoms with Crippen molar-refractivity contribution in [3.8, 4) is 0 Å². The van der Waals surface area contributed by atoms with Gasteiger partial charge in [0.2, 0.25) is 0 Å². The largest absolute Gasteiger partial charge is 0.496 e. The van der Waals surface area contributed by atoms with Gasteiger partial charge in [-0.25, -0.2) is 0 Å². The molecule has 0 spiro atoms. The minimum atomic E-state index is 0.500. The van der Waals surface area contributed by atoms with Crippen molar-refractivity contribution in [2.24, 2.45) is 17.8 Å². The van der Waals surface area contributed by atoms with Gasteiger partial charge in [0, 0.05) is 6.42 Å². The van der Waals surface area contributed by atoms with Gasteiger partial charge in [0.05, 0.1) is 12.6 Å². The van der Waals surface area contributed by atoms with E-state index >= 15 is 0 Å². The third kappa shape index (κ3) is 3.21. The molecule has 0 bridgehead atoms. The zero-order chi connectivity index (χ0) is 13.8. The van der Waals surface area contributed by atoms with Gasteiger partial charge in [0.25, 0.3) is 0 Å². The molecule has 114 valence electrons. The van der Waals surface area contributed by atoms with Crippen LogP contribution in [0.3, 0.4) is 0 Å². The summed E-state index contributed by atoms with van der Waals surface area (Å²) in [6.07, 6.45) is 14.9. The van der Waals surface area contributed by atoms with Gasteiger partial charge in [-0.15, -0.1) is 0 Å². The Morgan fingerprint density at radius 2 is 2.05 bits per heavy atom. The first-order valence-corrected chi connectivity index (χ1v) is 8.94. The Morgan fingerprint density at radius 3 is 2.80 bits per heavy atom. The highest BCUT2D eigenvalue weighted by molar-refractivity contribution is 5.10. The Balaban J connectivity index is 1.64. The fourth-order valence-electron chi connectivity index (χ4n) is 4.67. The number of fused-ring (bicyclic) bond motifs is 1. The normalized spacial score (nSPS) is 35.0. The summed E-state index contributed by atoms with van der Waals surface area (Å²) in [7, 11) is 0. The first kappa shape index (κ1) is 14.4. The lowest BCUT2D eigenvalue weighted by Crippen LogP contribution is -2.42. The van der Waals surface area contributed by atoms with E-state index in [4.69, 9.17) is 4.74 Å². The van der Waals surface area contributed by atoms with Crippen LogP contribution in [0, 0.1) is 17.8 Å². The van der Waals surface area contributed by atoms with Crippen molar-refractivity contribution >= 4 is 0 Å². The molecule has 0 radical (unpaired) electrons. The van der Waals surface area contributed by atoms with E-state index in [1.54, 1.807) is 0 Å². The van der Waals surface area contributed by atoms with E-state index in [1.165, 1.54) is 57.1 Å². The zero-order valence-corrected chi connectivity index (χ0v) is 13.1. The van der Waals surface area contributed by atoms with Crippen LogP contribution in [0.2, 0.25) is 0 Å². The van der Waals surface area contributed by atoms with Crippen molar-refractivity contribution in [2.75, 3.05) is 13.2 Å². The summed E-state index contributed by atoms with van der Waals surface area (Å²) in [6, 6.07) is 0.500. The summed E-state index contributed by atoms with van der Waals surface area (Å²) in [5, 5.41) is 3.78. The van der Waals surface area contributed by atoms with Gasteiger partial charge in [-0.05, 0) is 56.1 Å². The maximum atomic E-state index is 5.90. The number of hydrogen-bond acceptors (Lipinski definition) is 2. The lowest BCUT2D eigenvalue weighted by Gasteiger charge is -2.42. The van der Waals surface area contributed by atoms with E-state index in [0.29, 0.717) is 6.04 Å². The van der Waals surface area contributed by atoms with Crippen LogP contribution in [0.15, 0.2) is 11.8 Å². The molecule has 3 aliphatic rings. The van der Waals surface area contributed by atoms with Crippen LogP contribution in [-0.4, -0.2) is 19.2 Å². The predicted molar refractivity (Wildman–Crippen MR) is 83.5 cm³/mol. The standard InChI is InChI=1S/C18H31NO/c1-2-11-19-18(17-8-5-12-20-17)16-10-9-14-6-3-4-7-15(14)13-16/h8,14-16,18-19H,2-7,9-13H2,1H3. The molecule has 1 aliphatic heterocycles. The van der Waals surface area contributed by atoms with E-state index in [-0.39, 0.29) is 0 Å². The Bertz CT molecular complexity index is 338. The summed E-state index contributed by atoms with van der Waals surface area (Å²) in [6.45, 7) is 4.28. The molecule has 3 rings (SSSR count). The second-order valence-corrected chi connectivity index (χ2v) is 7.05. The molecule has 0 aromatic rings. The van der Waals surface area contributed by atoms with Crippen molar-refractivity contribution in [2.45, 2.75) is 70.8 Å². The first-order chi connectivity index (χ1) is 9.88. The highest BCUT2D eigenvalue weighted by Gasteiger charge is 2.37. The Kier molecular flexibility index (Phi) is 5.04. The minimum absolute atomic E-state index is 0.500. The molecule has 2 nitrogen and oxygen atoms in total. The number of rotatable bonds is 5. The molecular weight excluding hydrogens is 246 g/mol. The zero-order valence-electron chi connectivity index (χ0n) is 13.1. The molecule has 0 aromatic heterocycles. The van der Waals surface area contributed by atoms with Crippen molar-refractivity contribution in [1.82, 2.24) is 5.32 Å². The summed E-state index contributed by atoms with van der Waals surface area (Å²) in [5.74, 6) is 4.13. The number of ether oxygens (including phenoxy) is 1. The van der Waals surface area contributed by atoms with E-state index in [0.717, 1.165) is 37.3 Å². The lowest BCUT2D eigenvalue weighted by atomic mass is 9.66. The third-order valence-corrected chi connectivity index (χ3v) is 5.70. The van der Waals surface area contributed by atoms with Crippen LogP contribution in [0.4, 0.5) is 0 Å². The lowest BCUT2D eigenvalue weighted by molar-refractivity contribution is 0.0982. The summed E-state index contributed by atoms with van der Waals surface area (Å²) < 4.78 is 5.90. The average molecular weight is 277 g/mol. The van der Waals surface area contributed by atoms with E-state index in [2.05, 4.69) is 18.3 Å². The molecule has 20 heavy (non-hydrogen) atoms. The number of nitrogens with one attached hydrogen (secondary N) is 1. The molecule has 4 atom stereocenters. The highest BCUT2D eigenvalue weighted by atomic mass is 16.5. The highest BCUT2D eigenvalue weighted by Crippen LogP contribution is 2.44. The van der Waals surface area contributed by atoms with Gasteiger partial charge in [0.1, 0.15) is 5.76 Å². The molecule has 2 saturated carbocycles. The smallest absolute Gasteiger partial charge is 0.109 e. The maximum Gasteiger partial charge on any atom is 0.109 e. The van der Waals surface area contributed by atoms with Crippen LogP contribution in [-0.2, 0) is 4.74 Å². The number of hydrogen-bond donors (Lipinski definition) is 1. The second-order valence-electron chi connectivity index (χ2n) is 7.05. The minimum Gasteiger partial charge on any atom is -0.496 e. The van der Waals surface area contributed by atoms with Crippen LogP contribution in [0.25, 0.3) is 0 Å². The molecule has 2 fully saturated rings. The Morgan fingerprint density at radius 1 is 1.20 bits per heavy atom. The van der Waals surface area contributed by atoms with Crippen LogP contribution in [0.1, 0.15) is 64.7 Å². The van der Waals surface area contributed by atoms with Crippen molar-refractivity contribution in [1.29, 1.82) is 0 Å². The molecule has 2 aliphatic carbocycles. The summed E-state index contributed by atoms with van der Waals surface area (Å²) in [4.78, 5) is 0. The summed E-state index contributed by atoms with van der Waals surface area (Å²) >= 11 is 0. The monoisotopic (exact) mass is 277 g/mol. The van der Waals surface area contributed by atoms with E-state index < -0.39 is 0 Å². The molecule has 1 N–H and O–H groups in total. The van der Waals surface area contributed by atoms with Gasteiger partial charge < -0.3 is 10.1 Å². The van der Waals surface area contributed by atoms with Crippen molar-refractivity contribution in [3.63, 3.8) is 0 Å². The second kappa shape index (κ2) is 6.98. The predicted octanol–water partition coefficient (Wildman–Crippen LogP) is 4.27. The van der Waals surface area contributed by atoms with Gasteiger partial charge in [0.15, 0.2) is 0 Å². The fourth-order valence-corrected chi connectivity index (χ4v) is 4.67. The maximum absolute atomic E-state index is 5.90. The Labute approximate surface area is 124 Å². The van der Waals surface area contributed by atoms with Gasteiger partial charge >= 0.3 is 0 Å². The van der Waals surface area contributed by atoms with Gasteiger partial charge in [-0.2, -0.15) is 0 Å². The third-order valence-electron chi connectivity index (χ3n) is 5.70. The SMILES string of the molecule is CCCNC(C1=CCCO1)C1CCC2CCCCC2C1. The molecular formula is C18H31NO. The molecule has 2 heteroatoms. The topological polar surface area (TPSA) is 21.3 Å². The first-order valence-electron chi connectivity index (χ1n) is 8.94.